The van der Waals surface area contributed by atoms with Gasteiger partial charge < -0.3 is 5.73 Å². The van der Waals surface area contributed by atoms with E-state index in [0.29, 0.717) is 0 Å². The Balaban J connectivity index is 3.52. The molecule has 1 heterocycles. The minimum atomic E-state index is -2.92. The molecule has 0 aliphatic carbocycles. The first-order valence-corrected chi connectivity index (χ1v) is 4.85. The van der Waals surface area contributed by atoms with E-state index < -0.39 is 34.3 Å². The van der Waals surface area contributed by atoms with E-state index in [9.17, 15) is 23.7 Å². The second-order valence-corrected chi connectivity index (χ2v) is 3.81. The van der Waals surface area contributed by atoms with Gasteiger partial charge in [0.2, 0.25) is 5.69 Å². The number of hydrogen-bond donors (Lipinski definition) is 1. The van der Waals surface area contributed by atoms with Crippen LogP contribution in [-0.4, -0.2) is 15.8 Å². The highest BCUT2D eigenvalue weighted by molar-refractivity contribution is 14.1. The molecule has 0 saturated heterocycles. The molecule has 0 spiro atoms. The first kappa shape index (κ1) is 12.7. The topological polar surface area (TPSA) is 99.1 Å². The average molecular weight is 343 g/mol. The van der Waals surface area contributed by atoms with E-state index in [4.69, 9.17) is 5.73 Å². The zero-order valence-electron chi connectivity index (χ0n) is 7.49. The molecule has 0 bridgehead atoms. The predicted molar refractivity (Wildman–Crippen MR) is 57.1 cm³/mol. The zero-order valence-corrected chi connectivity index (χ0v) is 9.64. The lowest BCUT2D eigenvalue weighted by molar-refractivity contribution is -0.386. The van der Waals surface area contributed by atoms with Crippen molar-refractivity contribution in [3.05, 3.63) is 31.1 Å². The number of nitro groups is 1. The maximum absolute atomic E-state index is 12.3. The summed E-state index contributed by atoms with van der Waals surface area (Å²) in [5.41, 5.74) is 2.71. The Hall–Kier alpha value is -1.39. The molecule has 0 saturated carbocycles. The SMILES string of the molecule is NC(=O)c1nc(C(F)F)cc(I)c1[N+](=O)[O-]. The highest BCUT2D eigenvalue weighted by Gasteiger charge is 2.27. The Labute approximate surface area is 101 Å². The first-order chi connectivity index (χ1) is 7.34. The summed E-state index contributed by atoms with van der Waals surface area (Å²) in [4.78, 5) is 23.8. The van der Waals surface area contributed by atoms with Gasteiger partial charge in [-0.2, -0.15) is 0 Å². The second-order valence-electron chi connectivity index (χ2n) is 2.65. The number of nitrogens with two attached hydrogens (primary N) is 1. The van der Waals surface area contributed by atoms with Gasteiger partial charge in [-0.1, -0.05) is 0 Å². The number of alkyl halides is 2. The standard InChI is InChI=1S/C7H4F2IN3O3/c8-6(9)3-1-2(10)5(13(15)16)4(12-3)7(11)14/h1,6H,(H2,11,14). The molecular weight excluding hydrogens is 339 g/mol. The monoisotopic (exact) mass is 343 g/mol. The number of carbonyl (C=O) groups excluding carboxylic acids is 1. The molecule has 6 nitrogen and oxygen atoms in total. The smallest absolute Gasteiger partial charge is 0.313 e. The molecule has 1 aromatic rings. The average Bonchev–Trinajstić information content (AvgIpc) is 2.15. The summed E-state index contributed by atoms with van der Waals surface area (Å²) in [5.74, 6) is -1.22. The van der Waals surface area contributed by atoms with Crippen LogP contribution in [0.2, 0.25) is 0 Å². The molecule has 1 aromatic heterocycles. The minimum Gasteiger partial charge on any atom is -0.364 e. The van der Waals surface area contributed by atoms with Crippen LogP contribution >= 0.6 is 22.6 Å². The first-order valence-electron chi connectivity index (χ1n) is 3.77. The van der Waals surface area contributed by atoms with Crippen LogP contribution in [0.1, 0.15) is 22.6 Å². The molecule has 86 valence electrons. The van der Waals surface area contributed by atoms with E-state index in [1.54, 1.807) is 0 Å². The number of aromatic nitrogens is 1. The third-order valence-corrected chi connectivity index (χ3v) is 2.43. The normalized spacial score (nSPS) is 10.5. The third kappa shape index (κ3) is 2.40. The van der Waals surface area contributed by atoms with Gasteiger partial charge in [-0.25, -0.2) is 13.8 Å². The summed E-state index contributed by atoms with van der Waals surface area (Å²) in [6.45, 7) is 0. The minimum absolute atomic E-state index is 0.110. The quantitative estimate of drug-likeness (QED) is 0.512. The van der Waals surface area contributed by atoms with Crippen molar-refractivity contribution < 1.29 is 18.5 Å². The zero-order chi connectivity index (χ0) is 12.5. The molecule has 0 atom stereocenters. The van der Waals surface area contributed by atoms with Gasteiger partial charge in [0.15, 0.2) is 0 Å². The van der Waals surface area contributed by atoms with E-state index in [1.807, 2.05) is 0 Å². The fourth-order valence-corrected chi connectivity index (χ4v) is 1.75. The van der Waals surface area contributed by atoms with E-state index >= 15 is 0 Å². The van der Waals surface area contributed by atoms with Gasteiger partial charge >= 0.3 is 5.69 Å². The number of pyridine rings is 1. The van der Waals surface area contributed by atoms with Gasteiger partial charge in [0, 0.05) is 0 Å². The van der Waals surface area contributed by atoms with Crippen molar-refractivity contribution in [1.82, 2.24) is 4.98 Å². The Morgan fingerprint density at radius 3 is 2.56 bits per heavy atom. The highest BCUT2D eigenvalue weighted by Crippen LogP contribution is 2.28. The van der Waals surface area contributed by atoms with E-state index in [0.717, 1.165) is 6.07 Å². The van der Waals surface area contributed by atoms with Gasteiger partial charge in [-0.3, -0.25) is 14.9 Å². The number of amides is 1. The number of primary amides is 1. The molecule has 0 aliphatic rings. The van der Waals surface area contributed by atoms with E-state index in [-0.39, 0.29) is 3.57 Å². The Bertz CT molecular complexity index is 466. The van der Waals surface area contributed by atoms with Crippen LogP contribution in [0.25, 0.3) is 0 Å². The molecule has 1 rings (SSSR count). The van der Waals surface area contributed by atoms with Crippen molar-refractivity contribution >= 4 is 34.2 Å². The van der Waals surface area contributed by atoms with Crippen LogP contribution in [0, 0.1) is 13.7 Å². The number of rotatable bonds is 3. The largest absolute Gasteiger partial charge is 0.364 e. The van der Waals surface area contributed by atoms with Crippen LogP contribution in [0.3, 0.4) is 0 Å². The molecule has 0 radical (unpaired) electrons. The maximum Gasteiger partial charge on any atom is 0.313 e. The van der Waals surface area contributed by atoms with Crippen LogP contribution in [-0.2, 0) is 0 Å². The fourth-order valence-electron chi connectivity index (χ4n) is 0.983. The summed E-state index contributed by atoms with van der Waals surface area (Å²) >= 11 is 1.47. The van der Waals surface area contributed by atoms with E-state index in [2.05, 4.69) is 4.98 Å². The highest BCUT2D eigenvalue weighted by atomic mass is 127. The Kier molecular flexibility index (Phi) is 3.67. The Morgan fingerprint density at radius 2 is 2.19 bits per heavy atom. The van der Waals surface area contributed by atoms with Crippen molar-refractivity contribution in [2.24, 2.45) is 5.73 Å². The Morgan fingerprint density at radius 1 is 1.62 bits per heavy atom. The number of hydrogen-bond acceptors (Lipinski definition) is 4. The molecule has 1 amide bonds. The molecule has 0 unspecified atom stereocenters. The summed E-state index contributed by atoms with van der Waals surface area (Å²) in [5, 5.41) is 10.6. The van der Waals surface area contributed by atoms with Crippen molar-refractivity contribution in [1.29, 1.82) is 0 Å². The number of halogens is 3. The lowest BCUT2D eigenvalue weighted by atomic mass is 10.2. The van der Waals surface area contributed by atoms with E-state index in [1.165, 1.54) is 22.6 Å². The van der Waals surface area contributed by atoms with Crippen molar-refractivity contribution in [3.8, 4) is 0 Å². The third-order valence-electron chi connectivity index (χ3n) is 1.61. The second kappa shape index (κ2) is 4.63. The molecule has 0 aromatic carbocycles. The van der Waals surface area contributed by atoms with Gasteiger partial charge in [-0.05, 0) is 28.7 Å². The number of carbonyl (C=O) groups is 1. The van der Waals surface area contributed by atoms with Gasteiger partial charge in [-0.15, -0.1) is 0 Å². The van der Waals surface area contributed by atoms with Crippen LogP contribution in [0.5, 0.6) is 0 Å². The van der Waals surface area contributed by atoms with Crippen LogP contribution in [0.15, 0.2) is 6.07 Å². The predicted octanol–water partition coefficient (Wildman–Crippen LogP) is 1.63. The lowest BCUT2D eigenvalue weighted by Crippen LogP contribution is -2.17. The van der Waals surface area contributed by atoms with Crippen molar-refractivity contribution in [3.63, 3.8) is 0 Å². The lowest BCUT2D eigenvalue weighted by Gasteiger charge is -2.04. The fraction of sp³-hybridized carbons (Fsp3) is 0.143. The summed E-state index contributed by atoms with van der Waals surface area (Å²) in [6, 6.07) is 0.843. The maximum atomic E-state index is 12.3. The summed E-state index contributed by atoms with van der Waals surface area (Å²) < 4.78 is 24.6. The van der Waals surface area contributed by atoms with Gasteiger partial charge in [0.05, 0.1) is 8.49 Å². The van der Waals surface area contributed by atoms with Gasteiger partial charge in [0.1, 0.15) is 5.69 Å². The molecule has 0 fully saturated rings. The van der Waals surface area contributed by atoms with Crippen molar-refractivity contribution in [2.45, 2.75) is 6.43 Å². The molecule has 2 N–H and O–H groups in total. The van der Waals surface area contributed by atoms with Crippen molar-refractivity contribution in [2.75, 3.05) is 0 Å². The molecule has 9 heteroatoms. The van der Waals surface area contributed by atoms with Crippen LogP contribution < -0.4 is 5.73 Å². The molecule has 16 heavy (non-hydrogen) atoms. The summed E-state index contributed by atoms with van der Waals surface area (Å²) in [7, 11) is 0. The molecular formula is C7H4F2IN3O3. The molecule has 0 aliphatic heterocycles. The van der Waals surface area contributed by atoms with Crippen LogP contribution in [0.4, 0.5) is 14.5 Å². The summed E-state index contributed by atoms with van der Waals surface area (Å²) in [6.07, 6.45) is -2.92. The van der Waals surface area contributed by atoms with Gasteiger partial charge in [0.25, 0.3) is 12.3 Å². The number of nitrogens with zero attached hydrogens (tertiary/aromatic N) is 2.